The summed E-state index contributed by atoms with van der Waals surface area (Å²) in [6.07, 6.45) is 0. The molecule has 0 spiro atoms. The lowest BCUT2D eigenvalue weighted by Crippen LogP contribution is -1.94. The highest BCUT2D eigenvalue weighted by molar-refractivity contribution is 7.34. The van der Waals surface area contributed by atoms with Gasteiger partial charge in [0.05, 0.1) is 0 Å². The van der Waals surface area contributed by atoms with Crippen LogP contribution >= 0.6 is 16.5 Å². The Morgan fingerprint density at radius 2 is 0.794 bits per heavy atom. The molecular weight excluding hydrogens is 470 g/mol. The van der Waals surface area contributed by atoms with E-state index in [9.17, 15) is 9.13 Å². The Morgan fingerprint density at radius 1 is 0.500 bits per heavy atom. The lowest BCUT2D eigenvalue weighted by Gasteiger charge is -2.03. The van der Waals surface area contributed by atoms with Gasteiger partial charge in [0, 0.05) is 15.2 Å². The van der Waals surface area contributed by atoms with Crippen LogP contribution in [0.5, 0.6) is 23.0 Å². The summed E-state index contributed by atoms with van der Waals surface area (Å²) in [7, 11) is -4.91. The molecule has 186 valence electrons. The van der Waals surface area contributed by atoms with E-state index in [0.717, 1.165) is 22.3 Å². The Morgan fingerprint density at radius 3 is 1.12 bits per heavy atom. The topological polar surface area (TPSA) is 71.1 Å². The first kappa shape index (κ1) is 33.2. The van der Waals surface area contributed by atoms with Crippen LogP contribution in [0.2, 0.25) is 0 Å². The second-order valence-electron chi connectivity index (χ2n) is 6.73. The third-order valence-corrected chi connectivity index (χ3v) is 5.70. The molecule has 0 aliphatic heterocycles. The third kappa shape index (κ3) is 8.78. The SMILES string of the molecule is C.C.C.C.Cc1cccc(C)c1O[P+](=O)Oc1cccc(O[P+](=O)Oc2c(C)cccc2C)c1. The van der Waals surface area contributed by atoms with Crippen molar-refractivity contribution >= 4 is 16.5 Å². The minimum atomic E-state index is -2.46. The molecular formula is C26H38O6P2+2. The van der Waals surface area contributed by atoms with E-state index < -0.39 is 16.5 Å². The van der Waals surface area contributed by atoms with Crippen molar-refractivity contribution in [3.63, 3.8) is 0 Å². The number of hydrogen-bond acceptors (Lipinski definition) is 6. The van der Waals surface area contributed by atoms with Crippen molar-refractivity contribution in [2.45, 2.75) is 57.4 Å². The van der Waals surface area contributed by atoms with Gasteiger partial charge in [-0.25, -0.2) is 18.1 Å². The van der Waals surface area contributed by atoms with Gasteiger partial charge in [-0.2, -0.15) is 0 Å². The van der Waals surface area contributed by atoms with E-state index in [0.29, 0.717) is 11.5 Å². The predicted molar refractivity (Wildman–Crippen MR) is 143 cm³/mol. The van der Waals surface area contributed by atoms with E-state index in [1.54, 1.807) is 18.2 Å². The molecule has 0 aliphatic rings. The van der Waals surface area contributed by atoms with Crippen molar-refractivity contribution in [3.8, 4) is 23.0 Å². The number of rotatable bonds is 8. The summed E-state index contributed by atoms with van der Waals surface area (Å²) in [5, 5.41) is 0. The van der Waals surface area contributed by atoms with Crippen LogP contribution in [-0.4, -0.2) is 0 Å². The summed E-state index contributed by atoms with van der Waals surface area (Å²) in [4.78, 5) is 0. The van der Waals surface area contributed by atoms with Crippen molar-refractivity contribution in [2.24, 2.45) is 0 Å². The lowest BCUT2D eigenvalue weighted by atomic mass is 10.1. The molecule has 8 heteroatoms. The van der Waals surface area contributed by atoms with Crippen LogP contribution in [0.15, 0.2) is 60.7 Å². The molecule has 0 radical (unpaired) electrons. The van der Waals surface area contributed by atoms with Gasteiger partial charge in [-0.15, -0.1) is 0 Å². The van der Waals surface area contributed by atoms with Gasteiger partial charge in [-0.3, -0.25) is 0 Å². The molecule has 0 heterocycles. The molecule has 3 aromatic rings. The molecule has 0 aromatic heterocycles. The maximum atomic E-state index is 12.3. The molecule has 3 aromatic carbocycles. The normalized spacial score (nSPS) is 10.1. The van der Waals surface area contributed by atoms with Gasteiger partial charge < -0.3 is 0 Å². The summed E-state index contributed by atoms with van der Waals surface area (Å²) in [5.74, 6) is 1.57. The van der Waals surface area contributed by atoms with Crippen molar-refractivity contribution in [1.29, 1.82) is 0 Å². The first-order valence-corrected chi connectivity index (χ1v) is 11.4. The quantitative estimate of drug-likeness (QED) is 0.282. The van der Waals surface area contributed by atoms with Crippen LogP contribution in [0.25, 0.3) is 0 Å². The highest BCUT2D eigenvalue weighted by Gasteiger charge is 2.29. The Bertz CT molecular complexity index is 975. The summed E-state index contributed by atoms with van der Waals surface area (Å²) < 4.78 is 46.3. The second kappa shape index (κ2) is 15.1. The molecule has 6 nitrogen and oxygen atoms in total. The molecule has 0 bridgehead atoms. The molecule has 0 aliphatic carbocycles. The maximum Gasteiger partial charge on any atom is 0.805 e. The third-order valence-electron chi connectivity index (χ3n) is 4.31. The van der Waals surface area contributed by atoms with E-state index in [4.69, 9.17) is 18.1 Å². The Labute approximate surface area is 207 Å². The molecule has 2 atom stereocenters. The minimum Gasteiger partial charge on any atom is -0.222 e. The van der Waals surface area contributed by atoms with Gasteiger partial charge in [0.25, 0.3) is 0 Å². The van der Waals surface area contributed by atoms with Gasteiger partial charge in [0.2, 0.25) is 0 Å². The average molecular weight is 509 g/mol. The van der Waals surface area contributed by atoms with E-state index in [-0.39, 0.29) is 41.2 Å². The Balaban J connectivity index is 0. The zero-order chi connectivity index (χ0) is 21.7. The number of benzene rings is 3. The molecule has 0 saturated carbocycles. The molecule has 3 rings (SSSR count). The van der Waals surface area contributed by atoms with Crippen LogP contribution in [0.3, 0.4) is 0 Å². The highest BCUT2D eigenvalue weighted by Crippen LogP contribution is 2.38. The van der Waals surface area contributed by atoms with Gasteiger partial charge >= 0.3 is 16.5 Å². The number of para-hydroxylation sites is 2. The molecule has 34 heavy (non-hydrogen) atoms. The Hall–Kier alpha value is -2.94. The van der Waals surface area contributed by atoms with Crippen molar-refractivity contribution < 1.29 is 27.2 Å². The van der Waals surface area contributed by atoms with Crippen LogP contribution in [0.1, 0.15) is 52.0 Å². The van der Waals surface area contributed by atoms with Crippen LogP contribution in [-0.2, 0) is 9.13 Å². The minimum absolute atomic E-state index is 0. The maximum absolute atomic E-state index is 12.3. The summed E-state index contributed by atoms with van der Waals surface area (Å²) in [5.41, 5.74) is 3.44. The molecule has 0 N–H and O–H groups in total. The van der Waals surface area contributed by atoms with Crippen LogP contribution in [0, 0.1) is 27.7 Å². The first-order chi connectivity index (χ1) is 14.3. The molecule has 2 unspecified atom stereocenters. The fourth-order valence-corrected chi connectivity index (χ4v) is 4.35. The zero-order valence-corrected chi connectivity index (χ0v) is 18.9. The van der Waals surface area contributed by atoms with Crippen molar-refractivity contribution in [2.75, 3.05) is 0 Å². The molecule has 0 amide bonds. The van der Waals surface area contributed by atoms with E-state index in [1.807, 2.05) is 64.1 Å². The fraction of sp³-hybridized carbons (Fsp3) is 0.308. The first-order valence-electron chi connectivity index (χ1n) is 9.22. The zero-order valence-electron chi connectivity index (χ0n) is 17.1. The summed E-state index contributed by atoms with van der Waals surface area (Å²) >= 11 is 0. The highest BCUT2D eigenvalue weighted by atomic mass is 31.1. The monoisotopic (exact) mass is 508 g/mol. The van der Waals surface area contributed by atoms with Gasteiger partial charge in [-0.1, -0.05) is 72.2 Å². The average Bonchev–Trinajstić information content (AvgIpc) is 2.68. The van der Waals surface area contributed by atoms with Crippen molar-refractivity contribution in [1.82, 2.24) is 0 Å². The van der Waals surface area contributed by atoms with Crippen LogP contribution in [0.4, 0.5) is 0 Å². The van der Waals surface area contributed by atoms with Gasteiger partial charge in [0.1, 0.15) is 0 Å². The Kier molecular flexibility index (Phi) is 14.7. The van der Waals surface area contributed by atoms with Gasteiger partial charge in [0.15, 0.2) is 23.0 Å². The summed E-state index contributed by atoms with van der Waals surface area (Å²) in [6.45, 7) is 7.47. The van der Waals surface area contributed by atoms with E-state index in [1.165, 1.54) is 6.07 Å². The number of hydrogen-bond donors (Lipinski definition) is 0. The van der Waals surface area contributed by atoms with E-state index >= 15 is 0 Å². The second-order valence-corrected chi connectivity index (χ2v) is 8.35. The van der Waals surface area contributed by atoms with Crippen molar-refractivity contribution in [3.05, 3.63) is 82.9 Å². The largest absolute Gasteiger partial charge is 0.805 e. The smallest absolute Gasteiger partial charge is 0.222 e. The molecule has 0 fully saturated rings. The fourth-order valence-electron chi connectivity index (χ4n) is 2.83. The standard InChI is InChI=1S/C22H22O6P2.4CH4/c1-15-8-5-9-16(2)21(15)27-29(23)25-19-12-7-13-20(14-19)26-30(24)28-22-17(3)10-6-11-18(22)4;;;;/h5-14H,1-4H3;4*1H4/q+2;;;;. The lowest BCUT2D eigenvalue weighted by molar-refractivity contribution is 0.407. The molecule has 0 saturated heterocycles. The number of aryl methyl sites for hydroxylation is 4. The summed E-state index contributed by atoms with van der Waals surface area (Å²) in [6, 6.07) is 17.6. The van der Waals surface area contributed by atoms with Gasteiger partial charge in [-0.05, 0) is 62.1 Å². The predicted octanol–water partition coefficient (Wildman–Crippen LogP) is 9.70. The van der Waals surface area contributed by atoms with Crippen LogP contribution < -0.4 is 18.1 Å². The van der Waals surface area contributed by atoms with E-state index in [2.05, 4.69) is 0 Å².